The number of nitrogens with one attached hydrogen (secondary N) is 1. The molecular formula is C9H12N2O2. The van der Waals surface area contributed by atoms with Gasteiger partial charge in [-0.3, -0.25) is 9.78 Å². The summed E-state index contributed by atoms with van der Waals surface area (Å²) >= 11 is 0. The van der Waals surface area contributed by atoms with Gasteiger partial charge in [-0.2, -0.15) is 0 Å². The zero-order valence-corrected chi connectivity index (χ0v) is 7.61. The number of carboxylic acid groups (broad SMARTS) is 1. The van der Waals surface area contributed by atoms with Gasteiger partial charge in [0.2, 0.25) is 0 Å². The summed E-state index contributed by atoms with van der Waals surface area (Å²) in [5.41, 5.74) is 1.64. The van der Waals surface area contributed by atoms with Crippen LogP contribution >= 0.6 is 0 Å². The second kappa shape index (κ2) is 3.89. The van der Waals surface area contributed by atoms with Crippen LogP contribution in [0.5, 0.6) is 0 Å². The average Bonchev–Trinajstić information content (AvgIpc) is 2.04. The SMILES string of the molecule is Cc1cc(N[C@H](C)C(=O)O)ccn1. The Kier molecular flexibility index (Phi) is 2.84. The molecule has 0 fully saturated rings. The molecule has 0 bridgehead atoms. The fraction of sp³-hybridized carbons (Fsp3) is 0.333. The van der Waals surface area contributed by atoms with Crippen LogP contribution in [0.15, 0.2) is 18.3 Å². The van der Waals surface area contributed by atoms with Gasteiger partial charge in [0.25, 0.3) is 0 Å². The van der Waals surface area contributed by atoms with Crippen molar-refractivity contribution in [3.8, 4) is 0 Å². The first-order valence-corrected chi connectivity index (χ1v) is 4.01. The standard InChI is InChI=1S/C9H12N2O2/c1-6-5-8(3-4-10-6)11-7(2)9(12)13/h3-5,7H,1-2H3,(H,10,11)(H,12,13)/t7-/m1/s1. The molecule has 0 radical (unpaired) electrons. The summed E-state index contributed by atoms with van der Waals surface area (Å²) < 4.78 is 0. The highest BCUT2D eigenvalue weighted by atomic mass is 16.4. The minimum Gasteiger partial charge on any atom is -0.480 e. The number of anilines is 1. The van der Waals surface area contributed by atoms with E-state index in [0.29, 0.717) is 0 Å². The van der Waals surface area contributed by atoms with Gasteiger partial charge in [-0.25, -0.2) is 0 Å². The van der Waals surface area contributed by atoms with Crippen LogP contribution in [0.1, 0.15) is 12.6 Å². The van der Waals surface area contributed by atoms with Crippen molar-refractivity contribution < 1.29 is 9.90 Å². The highest BCUT2D eigenvalue weighted by Crippen LogP contribution is 2.08. The van der Waals surface area contributed by atoms with E-state index in [1.54, 1.807) is 25.3 Å². The Labute approximate surface area is 76.6 Å². The third-order valence-electron chi connectivity index (χ3n) is 1.65. The largest absolute Gasteiger partial charge is 0.480 e. The molecule has 13 heavy (non-hydrogen) atoms. The van der Waals surface area contributed by atoms with Gasteiger partial charge in [0, 0.05) is 17.6 Å². The van der Waals surface area contributed by atoms with Gasteiger partial charge in [-0.05, 0) is 26.0 Å². The Balaban J connectivity index is 2.69. The lowest BCUT2D eigenvalue weighted by Gasteiger charge is -2.10. The minimum absolute atomic E-state index is 0.582. The molecular weight excluding hydrogens is 168 g/mol. The molecule has 0 aliphatic carbocycles. The van der Waals surface area contributed by atoms with Gasteiger partial charge in [-0.1, -0.05) is 0 Å². The Morgan fingerprint density at radius 3 is 2.92 bits per heavy atom. The molecule has 0 saturated heterocycles. The van der Waals surface area contributed by atoms with Crippen LogP contribution in [0.2, 0.25) is 0 Å². The van der Waals surface area contributed by atoms with Crippen molar-refractivity contribution in [2.75, 3.05) is 5.32 Å². The van der Waals surface area contributed by atoms with Crippen molar-refractivity contribution in [2.45, 2.75) is 19.9 Å². The zero-order chi connectivity index (χ0) is 9.84. The average molecular weight is 180 g/mol. The summed E-state index contributed by atoms with van der Waals surface area (Å²) in [4.78, 5) is 14.5. The summed E-state index contributed by atoms with van der Waals surface area (Å²) in [5.74, 6) is -0.866. The molecule has 0 spiro atoms. The fourth-order valence-corrected chi connectivity index (χ4v) is 0.947. The lowest BCUT2D eigenvalue weighted by Crippen LogP contribution is -2.25. The normalized spacial score (nSPS) is 12.2. The molecule has 0 aromatic carbocycles. The fourth-order valence-electron chi connectivity index (χ4n) is 0.947. The molecule has 1 atom stereocenters. The van der Waals surface area contributed by atoms with E-state index < -0.39 is 12.0 Å². The maximum absolute atomic E-state index is 10.5. The zero-order valence-electron chi connectivity index (χ0n) is 7.61. The molecule has 1 aromatic heterocycles. The Hall–Kier alpha value is -1.58. The Morgan fingerprint density at radius 2 is 2.38 bits per heavy atom. The number of hydrogen-bond acceptors (Lipinski definition) is 3. The predicted octanol–water partition coefficient (Wildman–Crippen LogP) is 1.28. The maximum Gasteiger partial charge on any atom is 0.325 e. The summed E-state index contributed by atoms with van der Waals surface area (Å²) in [6.07, 6.45) is 1.65. The number of nitrogens with zero attached hydrogens (tertiary/aromatic N) is 1. The van der Waals surface area contributed by atoms with Crippen molar-refractivity contribution in [1.82, 2.24) is 4.98 Å². The van der Waals surface area contributed by atoms with Crippen LogP contribution in [0.3, 0.4) is 0 Å². The molecule has 4 nitrogen and oxygen atoms in total. The van der Waals surface area contributed by atoms with E-state index >= 15 is 0 Å². The van der Waals surface area contributed by atoms with Crippen molar-refractivity contribution in [3.05, 3.63) is 24.0 Å². The van der Waals surface area contributed by atoms with Crippen LogP contribution in [-0.4, -0.2) is 22.1 Å². The first kappa shape index (κ1) is 9.51. The number of aromatic nitrogens is 1. The van der Waals surface area contributed by atoms with Gasteiger partial charge in [-0.15, -0.1) is 0 Å². The summed E-state index contributed by atoms with van der Waals surface area (Å²) in [6, 6.07) is 2.97. The van der Waals surface area contributed by atoms with Crippen molar-refractivity contribution in [3.63, 3.8) is 0 Å². The highest BCUT2D eigenvalue weighted by molar-refractivity contribution is 5.76. The maximum atomic E-state index is 10.5. The number of rotatable bonds is 3. The lowest BCUT2D eigenvalue weighted by molar-refractivity contribution is -0.137. The number of hydrogen-bond donors (Lipinski definition) is 2. The molecule has 1 heterocycles. The number of carbonyl (C=O) groups is 1. The second-order valence-corrected chi connectivity index (χ2v) is 2.89. The van der Waals surface area contributed by atoms with E-state index in [1.165, 1.54) is 0 Å². The second-order valence-electron chi connectivity index (χ2n) is 2.89. The van der Waals surface area contributed by atoms with Crippen LogP contribution in [0.4, 0.5) is 5.69 Å². The first-order valence-electron chi connectivity index (χ1n) is 4.01. The number of aliphatic carboxylic acids is 1. The molecule has 70 valence electrons. The number of pyridine rings is 1. The highest BCUT2D eigenvalue weighted by Gasteiger charge is 2.09. The molecule has 0 saturated carbocycles. The first-order chi connectivity index (χ1) is 6.09. The van der Waals surface area contributed by atoms with E-state index in [0.717, 1.165) is 11.4 Å². The summed E-state index contributed by atoms with van der Waals surface area (Å²) in [5, 5.41) is 11.5. The van der Waals surface area contributed by atoms with E-state index in [2.05, 4.69) is 10.3 Å². The molecule has 1 rings (SSSR count). The predicted molar refractivity (Wildman–Crippen MR) is 49.7 cm³/mol. The number of carboxylic acids is 1. The van der Waals surface area contributed by atoms with Crippen LogP contribution in [0, 0.1) is 6.92 Å². The van der Waals surface area contributed by atoms with Gasteiger partial charge in [0.05, 0.1) is 0 Å². The molecule has 4 heteroatoms. The summed E-state index contributed by atoms with van der Waals surface area (Å²) in [6.45, 7) is 3.45. The topological polar surface area (TPSA) is 62.2 Å². The molecule has 0 unspecified atom stereocenters. The van der Waals surface area contributed by atoms with Crippen LogP contribution < -0.4 is 5.32 Å². The van der Waals surface area contributed by atoms with Gasteiger partial charge in [0.15, 0.2) is 0 Å². The van der Waals surface area contributed by atoms with Crippen LogP contribution in [-0.2, 0) is 4.79 Å². The van der Waals surface area contributed by atoms with E-state index in [9.17, 15) is 4.79 Å². The van der Waals surface area contributed by atoms with Crippen molar-refractivity contribution in [2.24, 2.45) is 0 Å². The quantitative estimate of drug-likeness (QED) is 0.735. The van der Waals surface area contributed by atoms with Gasteiger partial charge in [0.1, 0.15) is 6.04 Å². The van der Waals surface area contributed by atoms with E-state index in [-0.39, 0.29) is 0 Å². The Bertz CT molecular complexity index is 312. The molecule has 0 amide bonds. The Morgan fingerprint density at radius 1 is 1.69 bits per heavy atom. The lowest BCUT2D eigenvalue weighted by atomic mass is 10.3. The van der Waals surface area contributed by atoms with Crippen LogP contribution in [0.25, 0.3) is 0 Å². The minimum atomic E-state index is -0.866. The molecule has 1 aromatic rings. The van der Waals surface area contributed by atoms with Crippen molar-refractivity contribution in [1.29, 1.82) is 0 Å². The third kappa shape index (κ3) is 2.74. The monoisotopic (exact) mass is 180 g/mol. The van der Waals surface area contributed by atoms with E-state index in [1.807, 2.05) is 6.92 Å². The molecule has 2 N–H and O–H groups in total. The smallest absolute Gasteiger partial charge is 0.325 e. The number of aryl methyl sites for hydroxylation is 1. The van der Waals surface area contributed by atoms with E-state index in [4.69, 9.17) is 5.11 Å². The summed E-state index contributed by atoms with van der Waals surface area (Å²) in [7, 11) is 0. The molecule has 0 aliphatic heterocycles. The van der Waals surface area contributed by atoms with Crippen molar-refractivity contribution >= 4 is 11.7 Å². The van der Waals surface area contributed by atoms with Gasteiger partial charge >= 0.3 is 5.97 Å². The third-order valence-corrected chi connectivity index (χ3v) is 1.65. The van der Waals surface area contributed by atoms with Gasteiger partial charge < -0.3 is 10.4 Å². The molecule has 0 aliphatic rings.